The Morgan fingerprint density at radius 3 is 2.10 bits per heavy atom. The van der Waals surface area contributed by atoms with Gasteiger partial charge in [-0.1, -0.05) is 30.3 Å². The van der Waals surface area contributed by atoms with E-state index in [-0.39, 0.29) is 19.1 Å². The van der Waals surface area contributed by atoms with E-state index < -0.39 is 11.7 Å². The minimum atomic E-state index is -4.35. The molecule has 1 unspecified atom stereocenters. The zero-order valence-electron chi connectivity index (χ0n) is 11.2. The van der Waals surface area contributed by atoms with Gasteiger partial charge < -0.3 is 9.84 Å². The Morgan fingerprint density at radius 1 is 0.952 bits per heavy atom. The Hall–Kier alpha value is -2.01. The van der Waals surface area contributed by atoms with Gasteiger partial charge in [0.1, 0.15) is 5.75 Å². The van der Waals surface area contributed by atoms with Crippen LogP contribution in [-0.4, -0.2) is 18.3 Å². The van der Waals surface area contributed by atoms with E-state index in [0.717, 1.165) is 12.1 Å². The molecule has 0 saturated carbocycles. The Bertz CT molecular complexity index is 550. The molecule has 0 saturated heterocycles. The molecule has 0 aliphatic carbocycles. The van der Waals surface area contributed by atoms with Gasteiger partial charge in [0.2, 0.25) is 0 Å². The van der Waals surface area contributed by atoms with Crippen molar-refractivity contribution in [3.63, 3.8) is 0 Å². The third-order valence-corrected chi connectivity index (χ3v) is 3.12. The summed E-state index contributed by atoms with van der Waals surface area (Å²) in [5, 5.41) is 9.38. The van der Waals surface area contributed by atoms with E-state index in [4.69, 9.17) is 4.74 Å². The monoisotopic (exact) mass is 296 g/mol. The summed E-state index contributed by atoms with van der Waals surface area (Å²) in [6, 6.07) is 13.8. The minimum absolute atomic E-state index is 0.196. The van der Waals surface area contributed by atoms with E-state index >= 15 is 0 Å². The minimum Gasteiger partial charge on any atom is -0.493 e. The molecule has 0 bridgehead atoms. The lowest BCUT2D eigenvalue weighted by Gasteiger charge is -2.16. The molecule has 2 aromatic carbocycles. The van der Waals surface area contributed by atoms with Crippen LogP contribution in [0.25, 0.3) is 0 Å². The van der Waals surface area contributed by atoms with Crippen LogP contribution >= 0.6 is 0 Å². The Labute approximate surface area is 120 Å². The van der Waals surface area contributed by atoms with Gasteiger partial charge in [0.25, 0.3) is 0 Å². The number of alkyl halides is 3. The van der Waals surface area contributed by atoms with Crippen LogP contribution in [0.1, 0.15) is 17.0 Å². The van der Waals surface area contributed by atoms with E-state index in [2.05, 4.69) is 0 Å². The van der Waals surface area contributed by atoms with Crippen molar-refractivity contribution in [3.8, 4) is 5.75 Å². The van der Waals surface area contributed by atoms with Crippen LogP contribution in [0.2, 0.25) is 0 Å². The highest BCUT2D eigenvalue weighted by molar-refractivity contribution is 5.28. The van der Waals surface area contributed by atoms with E-state index in [1.807, 2.05) is 18.2 Å². The van der Waals surface area contributed by atoms with Crippen LogP contribution in [0, 0.1) is 0 Å². The SMILES string of the molecule is OCC(COc1ccccc1)c1ccc(C(F)(F)F)cc1. The highest BCUT2D eigenvalue weighted by Crippen LogP contribution is 2.30. The van der Waals surface area contributed by atoms with E-state index in [9.17, 15) is 18.3 Å². The van der Waals surface area contributed by atoms with E-state index in [1.165, 1.54) is 12.1 Å². The first-order chi connectivity index (χ1) is 10.0. The van der Waals surface area contributed by atoms with Gasteiger partial charge in [-0.05, 0) is 29.8 Å². The summed E-state index contributed by atoms with van der Waals surface area (Å²) in [7, 11) is 0. The summed E-state index contributed by atoms with van der Waals surface area (Å²) in [6.45, 7) is 0.00404. The van der Waals surface area contributed by atoms with Gasteiger partial charge in [0.05, 0.1) is 18.8 Å². The number of aliphatic hydroxyl groups excluding tert-OH is 1. The van der Waals surface area contributed by atoms with Crippen molar-refractivity contribution < 1.29 is 23.0 Å². The number of hydrogen-bond donors (Lipinski definition) is 1. The standard InChI is InChI=1S/C16H15F3O2/c17-16(18,19)14-8-6-12(7-9-14)13(10-20)11-21-15-4-2-1-3-5-15/h1-9,13,20H,10-11H2. The number of para-hydroxylation sites is 1. The second-order valence-electron chi connectivity index (χ2n) is 4.62. The lowest BCUT2D eigenvalue weighted by molar-refractivity contribution is -0.137. The second kappa shape index (κ2) is 6.63. The number of aliphatic hydroxyl groups is 1. The topological polar surface area (TPSA) is 29.5 Å². The fraction of sp³-hybridized carbons (Fsp3) is 0.250. The number of benzene rings is 2. The fourth-order valence-electron chi connectivity index (χ4n) is 1.91. The summed E-state index contributed by atoms with van der Waals surface area (Å²) < 4.78 is 43.0. The summed E-state index contributed by atoms with van der Waals surface area (Å²) in [5.41, 5.74) is -0.0895. The molecule has 0 spiro atoms. The Morgan fingerprint density at radius 2 is 1.57 bits per heavy atom. The average Bonchev–Trinajstić information content (AvgIpc) is 2.48. The molecule has 112 valence electrons. The lowest BCUT2D eigenvalue weighted by atomic mass is 9.99. The predicted octanol–water partition coefficient (Wildman–Crippen LogP) is 3.86. The molecular weight excluding hydrogens is 281 g/mol. The van der Waals surface area contributed by atoms with Gasteiger partial charge in [-0.25, -0.2) is 0 Å². The van der Waals surface area contributed by atoms with Crippen molar-refractivity contribution in [2.24, 2.45) is 0 Å². The maximum atomic E-state index is 12.5. The van der Waals surface area contributed by atoms with Crippen LogP contribution in [-0.2, 0) is 6.18 Å². The van der Waals surface area contributed by atoms with Gasteiger partial charge in [-0.3, -0.25) is 0 Å². The Kier molecular flexibility index (Phi) is 4.85. The molecule has 2 nitrogen and oxygen atoms in total. The molecule has 0 amide bonds. The van der Waals surface area contributed by atoms with Crippen molar-refractivity contribution in [2.45, 2.75) is 12.1 Å². The number of halogens is 3. The molecule has 0 aromatic heterocycles. The quantitative estimate of drug-likeness (QED) is 0.908. The lowest BCUT2D eigenvalue weighted by Crippen LogP contribution is -2.14. The zero-order valence-corrected chi connectivity index (χ0v) is 11.2. The molecule has 0 heterocycles. The van der Waals surface area contributed by atoms with Crippen LogP contribution < -0.4 is 4.74 Å². The third kappa shape index (κ3) is 4.23. The van der Waals surface area contributed by atoms with Crippen LogP contribution in [0.4, 0.5) is 13.2 Å². The van der Waals surface area contributed by atoms with Crippen molar-refractivity contribution >= 4 is 0 Å². The highest BCUT2D eigenvalue weighted by Gasteiger charge is 2.30. The molecule has 0 aliphatic heterocycles. The van der Waals surface area contributed by atoms with Gasteiger partial charge in [-0.2, -0.15) is 13.2 Å². The zero-order chi connectivity index (χ0) is 15.3. The third-order valence-electron chi connectivity index (χ3n) is 3.12. The molecule has 1 N–H and O–H groups in total. The maximum Gasteiger partial charge on any atom is 0.416 e. The molecule has 1 atom stereocenters. The van der Waals surface area contributed by atoms with Crippen LogP contribution in [0.3, 0.4) is 0 Å². The molecule has 2 aromatic rings. The van der Waals surface area contributed by atoms with Crippen LogP contribution in [0.15, 0.2) is 54.6 Å². The first-order valence-electron chi connectivity index (χ1n) is 6.46. The summed E-state index contributed by atoms with van der Waals surface area (Å²) in [4.78, 5) is 0. The van der Waals surface area contributed by atoms with Crippen LogP contribution in [0.5, 0.6) is 5.75 Å². The number of hydrogen-bond acceptors (Lipinski definition) is 2. The number of ether oxygens (including phenoxy) is 1. The average molecular weight is 296 g/mol. The normalized spacial score (nSPS) is 13.0. The first kappa shape index (κ1) is 15.4. The van der Waals surface area contributed by atoms with Gasteiger partial charge in [0, 0.05) is 5.92 Å². The summed E-state index contributed by atoms with van der Waals surface area (Å²) in [6.07, 6.45) is -4.35. The summed E-state index contributed by atoms with van der Waals surface area (Å²) >= 11 is 0. The van der Waals surface area contributed by atoms with Crippen molar-refractivity contribution in [1.82, 2.24) is 0 Å². The first-order valence-corrected chi connectivity index (χ1v) is 6.46. The van der Waals surface area contributed by atoms with Gasteiger partial charge >= 0.3 is 6.18 Å². The molecule has 2 rings (SSSR count). The molecule has 0 aliphatic rings. The van der Waals surface area contributed by atoms with Gasteiger partial charge in [0.15, 0.2) is 0 Å². The molecule has 0 fully saturated rings. The van der Waals surface area contributed by atoms with Crippen molar-refractivity contribution in [2.75, 3.05) is 13.2 Å². The predicted molar refractivity (Wildman–Crippen MR) is 73.2 cm³/mol. The molecule has 0 radical (unpaired) electrons. The highest BCUT2D eigenvalue weighted by atomic mass is 19.4. The summed E-state index contributed by atoms with van der Waals surface area (Å²) in [5.74, 6) is 0.287. The smallest absolute Gasteiger partial charge is 0.416 e. The second-order valence-corrected chi connectivity index (χ2v) is 4.62. The maximum absolute atomic E-state index is 12.5. The van der Waals surface area contributed by atoms with Crippen molar-refractivity contribution in [3.05, 3.63) is 65.7 Å². The molecular formula is C16H15F3O2. The molecule has 21 heavy (non-hydrogen) atoms. The van der Waals surface area contributed by atoms with Gasteiger partial charge in [-0.15, -0.1) is 0 Å². The van der Waals surface area contributed by atoms with Crippen molar-refractivity contribution in [1.29, 1.82) is 0 Å². The number of rotatable bonds is 5. The largest absolute Gasteiger partial charge is 0.493 e. The fourth-order valence-corrected chi connectivity index (χ4v) is 1.91. The van der Waals surface area contributed by atoms with E-state index in [0.29, 0.717) is 11.3 Å². The molecule has 5 heteroatoms. The van der Waals surface area contributed by atoms with E-state index in [1.54, 1.807) is 12.1 Å². The Balaban J connectivity index is 2.04.